The fourth-order valence-electron chi connectivity index (χ4n) is 5.03. The third-order valence-corrected chi connectivity index (χ3v) is 6.71. The van der Waals surface area contributed by atoms with E-state index in [-0.39, 0.29) is 5.75 Å². The van der Waals surface area contributed by atoms with Crippen molar-refractivity contribution in [2.45, 2.75) is 58.3 Å². The molecular formula is C29H34F3N3O4. The first kappa shape index (κ1) is 30.0. The molecule has 1 aromatic heterocycles. The van der Waals surface area contributed by atoms with Crippen molar-refractivity contribution in [2.24, 2.45) is 0 Å². The summed E-state index contributed by atoms with van der Waals surface area (Å²) in [7, 11) is 1.00. The number of aliphatic hydroxyl groups excluding tert-OH is 1. The fraction of sp³-hybridized carbons (Fsp3) is 0.414. The molecule has 3 heterocycles. The molecule has 0 unspecified atom stereocenters. The van der Waals surface area contributed by atoms with Gasteiger partial charge in [0.1, 0.15) is 24.1 Å². The van der Waals surface area contributed by atoms with Gasteiger partial charge in [-0.25, -0.2) is 9.97 Å². The van der Waals surface area contributed by atoms with Crippen molar-refractivity contribution in [2.75, 3.05) is 20.3 Å². The fourth-order valence-corrected chi connectivity index (χ4v) is 5.03. The monoisotopic (exact) mass is 545 g/mol. The van der Waals surface area contributed by atoms with E-state index in [0.717, 1.165) is 86.8 Å². The van der Waals surface area contributed by atoms with Crippen molar-refractivity contribution >= 4 is 6.29 Å². The lowest BCUT2D eigenvalue weighted by molar-refractivity contribution is -0.138. The number of fused-ring (bicyclic) bond motifs is 3. The molecule has 2 N–H and O–H groups in total. The van der Waals surface area contributed by atoms with Crippen LogP contribution in [0.1, 0.15) is 52.4 Å². The highest BCUT2D eigenvalue weighted by Crippen LogP contribution is 2.38. The van der Waals surface area contributed by atoms with E-state index in [4.69, 9.17) is 19.7 Å². The molecule has 3 aromatic rings. The number of alkyl halides is 3. The zero-order chi connectivity index (χ0) is 28.4. The minimum absolute atomic E-state index is 0.278. The Kier molecular flexibility index (Phi) is 10.8. The normalized spacial score (nSPS) is 15.0. The second kappa shape index (κ2) is 14.0. The number of phenolic OH excluding ortho intramolecular Hbond substituents is 1. The number of nitrogens with zero attached hydrogens (tertiary/aromatic N) is 3. The third-order valence-electron chi connectivity index (χ3n) is 6.71. The molecule has 0 bridgehead atoms. The van der Waals surface area contributed by atoms with E-state index in [1.54, 1.807) is 24.4 Å². The van der Waals surface area contributed by atoms with Gasteiger partial charge in [-0.15, -0.1) is 0 Å². The van der Waals surface area contributed by atoms with E-state index >= 15 is 0 Å². The second-order valence-electron chi connectivity index (χ2n) is 9.16. The Bertz CT molecular complexity index is 1250. The predicted octanol–water partition coefficient (Wildman–Crippen LogP) is 4.68. The summed E-state index contributed by atoms with van der Waals surface area (Å²) in [5, 5.41) is 16.0. The second-order valence-corrected chi connectivity index (χ2v) is 9.16. The first-order valence-corrected chi connectivity index (χ1v) is 12.8. The van der Waals surface area contributed by atoms with Crippen LogP contribution in [0.3, 0.4) is 0 Å². The molecule has 0 spiro atoms. The van der Waals surface area contributed by atoms with Crippen LogP contribution < -0.4 is 4.74 Å². The number of hydrogen-bond acceptors (Lipinski definition) is 7. The molecule has 39 heavy (non-hydrogen) atoms. The number of halogens is 3. The van der Waals surface area contributed by atoms with E-state index in [1.165, 1.54) is 24.9 Å². The maximum absolute atomic E-state index is 13.5. The average Bonchev–Trinajstić information content (AvgIpc) is 3.60. The molecule has 0 amide bonds. The first-order chi connectivity index (χ1) is 18.8. The van der Waals surface area contributed by atoms with Crippen LogP contribution in [0, 0.1) is 0 Å². The minimum Gasteiger partial charge on any atom is -0.508 e. The molecule has 3 aliphatic rings. The third kappa shape index (κ3) is 7.77. The summed E-state index contributed by atoms with van der Waals surface area (Å²) < 4.78 is 45.6. The highest BCUT2D eigenvalue weighted by Gasteiger charge is 2.36. The standard InChI is InChI=1S/C18H18F3N3.C8H8O2.C2H4O.CH4O/c19-18(20,21)16-5-4-12-2-1-3-14(12)15(16)10-24-7-6-17-13(9-24)8-22-11-23-17;9-7-2-1-6-3-4-10-8(6)5-7;1-2-3;1-2/h4-5,8,11H,1-3,6-7,9-10H2;1-2,5,9H,3-4H2;2H,1H3;2H,1H3. The number of hydrogen-bond donors (Lipinski definition) is 2. The number of benzene rings is 2. The SMILES string of the molecule is CC=O.CO.FC(F)(F)c1ccc2c(c1CN1CCc3ncncc3C1)CCC2.Oc1ccc2c(c1)OCC2. The van der Waals surface area contributed by atoms with Crippen LogP contribution in [0.5, 0.6) is 11.5 Å². The van der Waals surface area contributed by atoms with E-state index in [2.05, 4.69) is 14.9 Å². The van der Waals surface area contributed by atoms with Crippen LogP contribution in [0.2, 0.25) is 0 Å². The topological polar surface area (TPSA) is 95.8 Å². The van der Waals surface area contributed by atoms with Gasteiger partial charge in [-0.1, -0.05) is 12.1 Å². The number of ether oxygens (including phenoxy) is 1. The van der Waals surface area contributed by atoms with E-state index in [9.17, 15) is 13.2 Å². The number of aromatic hydroxyl groups is 1. The zero-order valence-electron chi connectivity index (χ0n) is 22.2. The van der Waals surface area contributed by atoms with Gasteiger partial charge in [-0.05, 0) is 60.6 Å². The lowest BCUT2D eigenvalue weighted by Crippen LogP contribution is -2.32. The number of rotatable bonds is 2. The van der Waals surface area contributed by atoms with Gasteiger partial charge >= 0.3 is 6.18 Å². The lowest BCUT2D eigenvalue weighted by Gasteiger charge is -2.29. The number of carbonyl (C=O) groups is 1. The molecule has 0 saturated carbocycles. The maximum atomic E-state index is 13.5. The molecule has 0 saturated heterocycles. The van der Waals surface area contributed by atoms with Crippen LogP contribution in [0.4, 0.5) is 13.2 Å². The number of carbonyl (C=O) groups excluding carboxylic acids is 1. The van der Waals surface area contributed by atoms with Gasteiger partial charge in [0.25, 0.3) is 0 Å². The van der Waals surface area contributed by atoms with Crippen molar-refractivity contribution in [1.82, 2.24) is 14.9 Å². The van der Waals surface area contributed by atoms with Gasteiger partial charge in [-0.2, -0.15) is 13.2 Å². The van der Waals surface area contributed by atoms with Crippen LogP contribution in [-0.2, 0) is 49.7 Å². The Hall–Kier alpha value is -3.50. The molecule has 0 fully saturated rings. The molecule has 1 aliphatic carbocycles. The molecule has 6 rings (SSSR count). The summed E-state index contributed by atoms with van der Waals surface area (Å²) in [5.41, 5.74) is 5.22. The number of aryl methyl sites for hydroxylation is 1. The Morgan fingerprint density at radius 1 is 1.05 bits per heavy atom. The summed E-state index contributed by atoms with van der Waals surface area (Å²) in [6.07, 6.45) is 4.06. The zero-order valence-corrected chi connectivity index (χ0v) is 22.2. The Labute approximate surface area is 226 Å². The number of aldehydes is 1. The summed E-state index contributed by atoms with van der Waals surface area (Å²) in [5.74, 6) is 1.11. The van der Waals surface area contributed by atoms with Gasteiger partial charge in [0.2, 0.25) is 0 Å². The molecule has 10 heteroatoms. The van der Waals surface area contributed by atoms with Crippen LogP contribution >= 0.6 is 0 Å². The minimum atomic E-state index is -4.30. The number of aliphatic hydroxyl groups is 1. The molecule has 2 aromatic carbocycles. The van der Waals surface area contributed by atoms with E-state index in [1.807, 2.05) is 6.07 Å². The molecule has 0 radical (unpaired) electrons. The summed E-state index contributed by atoms with van der Waals surface area (Å²) in [6, 6.07) is 8.17. The molecule has 7 nitrogen and oxygen atoms in total. The highest BCUT2D eigenvalue weighted by atomic mass is 19.4. The molecule has 2 aliphatic heterocycles. The van der Waals surface area contributed by atoms with E-state index < -0.39 is 11.7 Å². The van der Waals surface area contributed by atoms with Gasteiger partial charge in [-0.3, -0.25) is 4.90 Å². The van der Waals surface area contributed by atoms with E-state index in [0.29, 0.717) is 18.7 Å². The highest BCUT2D eigenvalue weighted by molar-refractivity contribution is 5.45. The predicted molar refractivity (Wildman–Crippen MR) is 141 cm³/mol. The Morgan fingerprint density at radius 2 is 1.79 bits per heavy atom. The summed E-state index contributed by atoms with van der Waals surface area (Å²) in [6.45, 7) is 3.87. The number of phenols is 1. The quantitative estimate of drug-likeness (QED) is 0.452. The van der Waals surface area contributed by atoms with Crippen molar-refractivity contribution < 1.29 is 32.9 Å². The van der Waals surface area contributed by atoms with Gasteiger partial charge < -0.3 is 19.7 Å². The van der Waals surface area contributed by atoms with Crippen LogP contribution in [0.15, 0.2) is 42.9 Å². The van der Waals surface area contributed by atoms with Crippen molar-refractivity contribution in [3.63, 3.8) is 0 Å². The van der Waals surface area contributed by atoms with Crippen molar-refractivity contribution in [3.05, 3.63) is 81.9 Å². The lowest BCUT2D eigenvalue weighted by atomic mass is 9.95. The number of aromatic nitrogens is 2. The summed E-state index contributed by atoms with van der Waals surface area (Å²) in [4.78, 5) is 19.2. The van der Waals surface area contributed by atoms with Crippen molar-refractivity contribution in [1.29, 1.82) is 0 Å². The van der Waals surface area contributed by atoms with Crippen molar-refractivity contribution in [3.8, 4) is 11.5 Å². The first-order valence-electron chi connectivity index (χ1n) is 12.8. The Balaban J connectivity index is 0.000000232. The van der Waals surface area contributed by atoms with Crippen LogP contribution in [-0.4, -0.2) is 51.6 Å². The largest absolute Gasteiger partial charge is 0.508 e. The maximum Gasteiger partial charge on any atom is 0.416 e. The van der Waals surface area contributed by atoms with Gasteiger partial charge in [0, 0.05) is 63.1 Å². The Morgan fingerprint density at radius 3 is 2.54 bits per heavy atom. The smallest absolute Gasteiger partial charge is 0.416 e. The summed E-state index contributed by atoms with van der Waals surface area (Å²) >= 11 is 0. The molecule has 210 valence electrons. The molecule has 0 atom stereocenters. The average molecular weight is 546 g/mol. The molecular weight excluding hydrogens is 511 g/mol. The van der Waals surface area contributed by atoms with Crippen LogP contribution in [0.25, 0.3) is 0 Å². The van der Waals surface area contributed by atoms with Gasteiger partial charge in [0.15, 0.2) is 0 Å². The van der Waals surface area contributed by atoms with Gasteiger partial charge in [0.05, 0.1) is 12.2 Å².